The van der Waals surface area contributed by atoms with Crippen LogP contribution in [0, 0.1) is 13.8 Å². The van der Waals surface area contributed by atoms with Crippen molar-refractivity contribution in [2.75, 3.05) is 13.2 Å². The summed E-state index contributed by atoms with van der Waals surface area (Å²) in [5.74, 6) is -0.552. The number of hydrogen-bond donors (Lipinski definition) is 0. The average molecular weight is 407 g/mol. The first kappa shape index (κ1) is 21.3. The predicted molar refractivity (Wildman–Crippen MR) is 115 cm³/mol. The first-order valence-electron chi connectivity index (χ1n) is 9.81. The van der Waals surface area contributed by atoms with Gasteiger partial charge in [0.2, 0.25) is 0 Å². The highest BCUT2D eigenvalue weighted by molar-refractivity contribution is 6.11. The number of carbonyl (C=O) groups excluding carboxylic acids is 3. The Hall–Kier alpha value is -3.41. The molecule has 1 aromatic heterocycles. The molecule has 6 nitrogen and oxygen atoms in total. The van der Waals surface area contributed by atoms with Crippen molar-refractivity contribution in [2.45, 2.75) is 34.6 Å². The van der Waals surface area contributed by atoms with Gasteiger partial charge >= 0.3 is 5.97 Å². The molecule has 2 aromatic carbocycles. The van der Waals surface area contributed by atoms with E-state index in [9.17, 15) is 14.4 Å². The van der Waals surface area contributed by atoms with E-state index in [-0.39, 0.29) is 30.5 Å². The smallest absolute Gasteiger partial charge is 0.344 e. The molecule has 3 aromatic rings. The zero-order valence-corrected chi connectivity index (χ0v) is 17.9. The SMILES string of the molecule is CCOC(=O)COc1cc2c(C(C)=O)c(C)n(-c3ccc(C)cc3)c2cc1C(C)=O. The minimum Gasteiger partial charge on any atom is -0.481 e. The van der Waals surface area contributed by atoms with Crippen LogP contribution in [-0.2, 0) is 9.53 Å². The number of ether oxygens (including phenoxy) is 2. The Morgan fingerprint density at radius 3 is 2.20 bits per heavy atom. The topological polar surface area (TPSA) is 74.6 Å². The van der Waals surface area contributed by atoms with Crippen LogP contribution in [0.4, 0.5) is 0 Å². The molecule has 0 saturated carbocycles. The van der Waals surface area contributed by atoms with Crippen LogP contribution in [-0.4, -0.2) is 35.3 Å². The van der Waals surface area contributed by atoms with Gasteiger partial charge < -0.3 is 14.0 Å². The van der Waals surface area contributed by atoms with Gasteiger partial charge in [-0.15, -0.1) is 0 Å². The maximum atomic E-state index is 12.5. The normalized spacial score (nSPS) is 10.8. The fourth-order valence-electron chi connectivity index (χ4n) is 3.65. The van der Waals surface area contributed by atoms with Crippen molar-refractivity contribution in [1.29, 1.82) is 0 Å². The zero-order chi connectivity index (χ0) is 22.0. The summed E-state index contributed by atoms with van der Waals surface area (Å²) in [5, 5.41) is 0.671. The van der Waals surface area contributed by atoms with Crippen molar-refractivity contribution < 1.29 is 23.9 Å². The molecule has 0 saturated heterocycles. The second-order valence-corrected chi connectivity index (χ2v) is 7.20. The first-order chi connectivity index (χ1) is 14.2. The van der Waals surface area contributed by atoms with Crippen LogP contribution in [0.25, 0.3) is 16.6 Å². The molecular weight excluding hydrogens is 382 g/mol. The number of nitrogens with zero attached hydrogens (tertiary/aromatic N) is 1. The van der Waals surface area contributed by atoms with E-state index < -0.39 is 5.97 Å². The number of carbonyl (C=O) groups is 3. The molecule has 0 spiro atoms. The number of fused-ring (bicyclic) bond motifs is 1. The third-order valence-corrected chi connectivity index (χ3v) is 4.98. The Bertz CT molecular complexity index is 1140. The molecular formula is C24H25NO5. The van der Waals surface area contributed by atoms with Gasteiger partial charge in [-0.3, -0.25) is 9.59 Å². The van der Waals surface area contributed by atoms with Crippen LogP contribution in [0.1, 0.15) is 52.7 Å². The van der Waals surface area contributed by atoms with Crippen molar-refractivity contribution in [1.82, 2.24) is 4.57 Å². The maximum Gasteiger partial charge on any atom is 0.344 e. The molecule has 0 bridgehead atoms. The molecule has 1 heterocycles. The van der Waals surface area contributed by atoms with Crippen LogP contribution >= 0.6 is 0 Å². The fraction of sp³-hybridized carbons (Fsp3) is 0.292. The second kappa shape index (κ2) is 8.53. The van der Waals surface area contributed by atoms with E-state index in [1.54, 1.807) is 19.1 Å². The number of ketones is 2. The standard InChI is InChI=1S/C24H25NO5/c1-6-29-23(28)13-30-22-12-20-21(11-19(22)16(4)26)25(15(3)24(20)17(5)27)18-9-7-14(2)8-10-18/h7-12H,6,13H2,1-5H3. The van der Waals surface area contributed by atoms with Gasteiger partial charge in [0.1, 0.15) is 5.75 Å². The number of esters is 1. The third kappa shape index (κ3) is 3.99. The summed E-state index contributed by atoms with van der Waals surface area (Å²) < 4.78 is 12.5. The highest BCUT2D eigenvalue weighted by atomic mass is 16.6. The molecule has 0 fully saturated rings. The van der Waals surface area contributed by atoms with Crippen LogP contribution in [0.2, 0.25) is 0 Å². The molecule has 0 unspecified atom stereocenters. The van der Waals surface area contributed by atoms with Gasteiger partial charge in [-0.1, -0.05) is 17.7 Å². The number of rotatable bonds is 7. The molecule has 0 amide bonds. The maximum absolute atomic E-state index is 12.5. The molecule has 0 aliphatic rings. The Morgan fingerprint density at radius 2 is 1.63 bits per heavy atom. The summed E-state index contributed by atoms with van der Waals surface area (Å²) in [4.78, 5) is 36.5. The van der Waals surface area contributed by atoms with Crippen molar-refractivity contribution in [2.24, 2.45) is 0 Å². The van der Waals surface area contributed by atoms with E-state index in [1.165, 1.54) is 13.8 Å². The molecule has 0 aliphatic heterocycles. The van der Waals surface area contributed by atoms with Crippen LogP contribution in [0.15, 0.2) is 36.4 Å². The number of Topliss-reactive ketones (excluding diaryl/α,β-unsaturated/α-hetero) is 2. The van der Waals surface area contributed by atoms with Gasteiger partial charge in [0.15, 0.2) is 18.2 Å². The van der Waals surface area contributed by atoms with Crippen LogP contribution in [0.3, 0.4) is 0 Å². The van der Waals surface area contributed by atoms with Gasteiger partial charge in [0, 0.05) is 22.3 Å². The minimum atomic E-state index is -0.521. The van der Waals surface area contributed by atoms with Gasteiger partial charge in [0.25, 0.3) is 0 Å². The van der Waals surface area contributed by atoms with E-state index in [2.05, 4.69) is 0 Å². The highest BCUT2D eigenvalue weighted by Gasteiger charge is 2.22. The Morgan fingerprint density at radius 1 is 0.967 bits per heavy atom. The number of benzene rings is 2. The van der Waals surface area contributed by atoms with Crippen molar-refractivity contribution in [3.8, 4) is 11.4 Å². The van der Waals surface area contributed by atoms with Crippen molar-refractivity contribution >= 4 is 28.4 Å². The van der Waals surface area contributed by atoms with E-state index in [1.807, 2.05) is 42.7 Å². The zero-order valence-electron chi connectivity index (χ0n) is 17.9. The summed E-state index contributed by atoms with van der Waals surface area (Å²) in [5.41, 5.74) is 4.42. The lowest BCUT2D eigenvalue weighted by atomic mass is 10.0. The lowest BCUT2D eigenvalue weighted by Gasteiger charge is -2.12. The molecule has 3 rings (SSSR count). The number of hydrogen-bond acceptors (Lipinski definition) is 5. The lowest BCUT2D eigenvalue weighted by molar-refractivity contribution is -0.145. The van der Waals surface area contributed by atoms with E-state index in [0.29, 0.717) is 16.5 Å². The molecule has 0 aliphatic carbocycles. The average Bonchev–Trinajstić information content (AvgIpc) is 2.97. The third-order valence-electron chi connectivity index (χ3n) is 4.98. The quantitative estimate of drug-likeness (QED) is 0.423. The summed E-state index contributed by atoms with van der Waals surface area (Å²) in [6.07, 6.45) is 0. The molecule has 156 valence electrons. The fourth-order valence-corrected chi connectivity index (χ4v) is 3.65. The number of aromatic nitrogens is 1. The van der Waals surface area contributed by atoms with Crippen LogP contribution in [0.5, 0.6) is 5.75 Å². The molecule has 0 atom stereocenters. The second-order valence-electron chi connectivity index (χ2n) is 7.20. The van der Waals surface area contributed by atoms with Gasteiger partial charge in [-0.05, 0) is 58.9 Å². The van der Waals surface area contributed by atoms with E-state index >= 15 is 0 Å². The molecule has 0 radical (unpaired) electrons. The number of aryl methyl sites for hydroxylation is 1. The summed E-state index contributed by atoms with van der Waals surface area (Å²) in [6, 6.07) is 11.3. The Labute approximate surface area is 175 Å². The van der Waals surface area contributed by atoms with Gasteiger partial charge in [-0.25, -0.2) is 4.79 Å². The summed E-state index contributed by atoms with van der Waals surface area (Å²) in [7, 11) is 0. The van der Waals surface area contributed by atoms with Gasteiger partial charge in [0.05, 0.1) is 17.7 Å². The first-order valence-corrected chi connectivity index (χ1v) is 9.81. The monoisotopic (exact) mass is 407 g/mol. The molecule has 30 heavy (non-hydrogen) atoms. The molecule has 6 heteroatoms. The minimum absolute atomic E-state index is 0.0877. The summed E-state index contributed by atoms with van der Waals surface area (Å²) in [6.45, 7) is 8.48. The lowest BCUT2D eigenvalue weighted by Crippen LogP contribution is -2.15. The van der Waals surface area contributed by atoms with Crippen LogP contribution < -0.4 is 4.74 Å². The van der Waals surface area contributed by atoms with Crippen molar-refractivity contribution in [3.63, 3.8) is 0 Å². The van der Waals surface area contributed by atoms with E-state index in [4.69, 9.17) is 9.47 Å². The Balaban J connectivity index is 2.24. The molecule has 0 N–H and O–H groups in total. The largest absolute Gasteiger partial charge is 0.481 e. The predicted octanol–water partition coefficient (Wildman–Crippen LogP) is 4.59. The highest BCUT2D eigenvalue weighted by Crippen LogP contribution is 2.35. The summed E-state index contributed by atoms with van der Waals surface area (Å²) >= 11 is 0. The van der Waals surface area contributed by atoms with Gasteiger partial charge in [-0.2, -0.15) is 0 Å². The Kier molecular flexibility index (Phi) is 6.06. The van der Waals surface area contributed by atoms with Crippen molar-refractivity contribution in [3.05, 3.63) is 58.8 Å². The van der Waals surface area contributed by atoms with E-state index in [0.717, 1.165) is 22.5 Å².